The minimum atomic E-state index is 0.149. The second-order valence-electron chi connectivity index (χ2n) is 5.40. The Labute approximate surface area is 121 Å². The van der Waals surface area contributed by atoms with Gasteiger partial charge >= 0.3 is 0 Å². The summed E-state index contributed by atoms with van der Waals surface area (Å²) in [5.41, 5.74) is 2.64. The number of aryl methyl sites for hydroxylation is 1. The van der Waals surface area contributed by atoms with Gasteiger partial charge in [0, 0.05) is 38.4 Å². The molecule has 1 aliphatic rings. The molecule has 4 heteroatoms. The average Bonchev–Trinajstić information content (AvgIpc) is 2.47. The second-order valence-corrected chi connectivity index (χ2v) is 5.40. The molecule has 0 radical (unpaired) electrons. The van der Waals surface area contributed by atoms with Crippen LogP contribution in [-0.4, -0.2) is 50.1 Å². The number of rotatable bonds is 5. The quantitative estimate of drug-likeness (QED) is 0.887. The van der Waals surface area contributed by atoms with Crippen LogP contribution in [0.15, 0.2) is 24.3 Å². The number of para-hydroxylation sites is 1. The number of hydrogen-bond acceptors (Lipinski definition) is 3. The van der Waals surface area contributed by atoms with Crippen molar-refractivity contribution < 1.29 is 4.79 Å². The molecule has 110 valence electrons. The van der Waals surface area contributed by atoms with Gasteiger partial charge in [0.15, 0.2) is 0 Å². The Balaban J connectivity index is 1.81. The van der Waals surface area contributed by atoms with Crippen molar-refractivity contribution in [3.8, 4) is 0 Å². The largest absolute Gasteiger partial charge is 0.369 e. The van der Waals surface area contributed by atoms with Gasteiger partial charge in [-0.25, -0.2) is 0 Å². The lowest BCUT2D eigenvalue weighted by atomic mass is 10.1. The Morgan fingerprint density at radius 2 is 1.90 bits per heavy atom. The summed E-state index contributed by atoms with van der Waals surface area (Å²) < 4.78 is 0. The molecule has 0 unspecified atom stereocenters. The minimum Gasteiger partial charge on any atom is -0.369 e. The Kier molecular flexibility index (Phi) is 5.41. The summed E-state index contributed by atoms with van der Waals surface area (Å²) in [6.07, 6.45) is 0.993. The van der Waals surface area contributed by atoms with Gasteiger partial charge in [-0.05, 0) is 25.0 Å². The normalized spacial score (nSPS) is 16.2. The first kappa shape index (κ1) is 14.9. The highest BCUT2D eigenvalue weighted by molar-refractivity contribution is 5.78. The van der Waals surface area contributed by atoms with Crippen LogP contribution in [-0.2, 0) is 4.79 Å². The summed E-state index contributed by atoms with van der Waals surface area (Å²) >= 11 is 0. The molecule has 1 aromatic rings. The molecule has 0 aromatic heterocycles. The SMILES string of the molecule is CCCNC(=O)CN1CCN(c2ccccc2C)CC1. The van der Waals surface area contributed by atoms with Crippen molar-refractivity contribution in [2.45, 2.75) is 20.3 Å². The van der Waals surface area contributed by atoms with E-state index in [0.717, 1.165) is 39.1 Å². The number of piperazine rings is 1. The maximum atomic E-state index is 11.7. The van der Waals surface area contributed by atoms with Crippen LogP contribution in [0.25, 0.3) is 0 Å². The zero-order valence-corrected chi connectivity index (χ0v) is 12.6. The first-order valence-corrected chi connectivity index (χ1v) is 7.50. The fourth-order valence-corrected chi connectivity index (χ4v) is 2.59. The summed E-state index contributed by atoms with van der Waals surface area (Å²) in [4.78, 5) is 16.4. The lowest BCUT2D eigenvalue weighted by molar-refractivity contribution is -0.122. The standard InChI is InChI=1S/C16H25N3O/c1-3-8-17-16(20)13-18-9-11-19(12-10-18)15-7-5-4-6-14(15)2/h4-7H,3,8-13H2,1-2H3,(H,17,20). The highest BCUT2D eigenvalue weighted by Crippen LogP contribution is 2.20. The van der Waals surface area contributed by atoms with Gasteiger partial charge in [-0.3, -0.25) is 9.69 Å². The first-order chi connectivity index (χ1) is 9.70. The van der Waals surface area contributed by atoms with E-state index in [1.165, 1.54) is 11.3 Å². The molecule has 0 saturated carbocycles. The Bertz CT molecular complexity index is 439. The van der Waals surface area contributed by atoms with E-state index in [1.54, 1.807) is 0 Å². The molecule has 4 nitrogen and oxygen atoms in total. The number of amides is 1. The smallest absolute Gasteiger partial charge is 0.234 e. The number of anilines is 1. The zero-order chi connectivity index (χ0) is 14.4. The van der Waals surface area contributed by atoms with Crippen molar-refractivity contribution in [2.24, 2.45) is 0 Å². The van der Waals surface area contributed by atoms with Gasteiger partial charge in [0.1, 0.15) is 0 Å². The Morgan fingerprint density at radius 3 is 2.55 bits per heavy atom. The number of carbonyl (C=O) groups excluding carboxylic acids is 1. The van der Waals surface area contributed by atoms with E-state index >= 15 is 0 Å². The van der Waals surface area contributed by atoms with E-state index in [2.05, 4.69) is 53.2 Å². The maximum Gasteiger partial charge on any atom is 0.234 e. The van der Waals surface area contributed by atoms with Crippen LogP contribution in [0, 0.1) is 6.92 Å². The second kappa shape index (κ2) is 7.29. The van der Waals surface area contributed by atoms with Crippen molar-refractivity contribution in [1.29, 1.82) is 0 Å². The third-order valence-corrected chi connectivity index (χ3v) is 3.77. The molecule has 1 fully saturated rings. The fraction of sp³-hybridized carbons (Fsp3) is 0.562. The van der Waals surface area contributed by atoms with E-state index in [-0.39, 0.29) is 5.91 Å². The molecule has 1 saturated heterocycles. The van der Waals surface area contributed by atoms with Crippen LogP contribution in [0.4, 0.5) is 5.69 Å². The molecule has 20 heavy (non-hydrogen) atoms. The van der Waals surface area contributed by atoms with Crippen molar-refractivity contribution in [3.05, 3.63) is 29.8 Å². The number of carbonyl (C=O) groups is 1. The topological polar surface area (TPSA) is 35.6 Å². The summed E-state index contributed by atoms with van der Waals surface area (Å²) in [6, 6.07) is 8.50. The van der Waals surface area contributed by atoms with E-state index < -0.39 is 0 Å². The lowest BCUT2D eigenvalue weighted by Gasteiger charge is -2.36. The number of benzene rings is 1. The van der Waals surface area contributed by atoms with E-state index in [0.29, 0.717) is 6.54 Å². The van der Waals surface area contributed by atoms with Crippen LogP contribution < -0.4 is 10.2 Å². The summed E-state index contributed by atoms with van der Waals surface area (Å²) in [5, 5.41) is 2.94. The van der Waals surface area contributed by atoms with Crippen LogP contribution in [0.5, 0.6) is 0 Å². The number of hydrogen-bond donors (Lipinski definition) is 1. The molecule has 1 N–H and O–H groups in total. The van der Waals surface area contributed by atoms with Gasteiger partial charge in [-0.1, -0.05) is 25.1 Å². The third kappa shape index (κ3) is 3.97. The molecule has 2 rings (SSSR count). The third-order valence-electron chi connectivity index (χ3n) is 3.77. The van der Waals surface area contributed by atoms with Gasteiger partial charge in [-0.2, -0.15) is 0 Å². The summed E-state index contributed by atoms with van der Waals surface area (Å²) in [6.45, 7) is 9.42. The molecule has 1 aromatic carbocycles. The minimum absolute atomic E-state index is 0.149. The maximum absolute atomic E-state index is 11.7. The molecule has 0 aliphatic carbocycles. The number of nitrogens with one attached hydrogen (secondary N) is 1. The fourth-order valence-electron chi connectivity index (χ4n) is 2.59. The predicted molar refractivity (Wildman–Crippen MR) is 83.1 cm³/mol. The first-order valence-electron chi connectivity index (χ1n) is 7.50. The lowest BCUT2D eigenvalue weighted by Crippen LogP contribution is -2.49. The van der Waals surface area contributed by atoms with E-state index in [1.807, 2.05) is 0 Å². The van der Waals surface area contributed by atoms with Crippen LogP contribution in [0.2, 0.25) is 0 Å². The van der Waals surface area contributed by atoms with Crippen molar-refractivity contribution >= 4 is 11.6 Å². The highest BCUT2D eigenvalue weighted by atomic mass is 16.2. The molecule has 1 amide bonds. The summed E-state index contributed by atoms with van der Waals surface area (Å²) in [7, 11) is 0. The van der Waals surface area contributed by atoms with Crippen molar-refractivity contribution in [1.82, 2.24) is 10.2 Å². The van der Waals surface area contributed by atoms with Gasteiger partial charge in [0.2, 0.25) is 5.91 Å². The highest BCUT2D eigenvalue weighted by Gasteiger charge is 2.19. The zero-order valence-electron chi connectivity index (χ0n) is 12.6. The van der Waals surface area contributed by atoms with Crippen molar-refractivity contribution in [2.75, 3.05) is 44.2 Å². The Hall–Kier alpha value is -1.55. The summed E-state index contributed by atoms with van der Waals surface area (Å²) in [5.74, 6) is 0.149. The van der Waals surface area contributed by atoms with E-state index in [4.69, 9.17) is 0 Å². The van der Waals surface area contributed by atoms with Crippen LogP contribution in [0.1, 0.15) is 18.9 Å². The van der Waals surface area contributed by atoms with E-state index in [9.17, 15) is 4.79 Å². The molecule has 0 spiro atoms. The van der Waals surface area contributed by atoms with Gasteiger partial charge in [0.05, 0.1) is 6.54 Å². The molecule has 1 aliphatic heterocycles. The Morgan fingerprint density at radius 1 is 1.20 bits per heavy atom. The van der Waals surface area contributed by atoms with Gasteiger partial charge in [-0.15, -0.1) is 0 Å². The van der Waals surface area contributed by atoms with Gasteiger partial charge in [0.25, 0.3) is 0 Å². The molecule has 0 atom stereocenters. The van der Waals surface area contributed by atoms with Crippen LogP contribution >= 0.6 is 0 Å². The van der Waals surface area contributed by atoms with Crippen molar-refractivity contribution in [3.63, 3.8) is 0 Å². The average molecular weight is 275 g/mol. The van der Waals surface area contributed by atoms with Gasteiger partial charge < -0.3 is 10.2 Å². The number of nitrogens with zero attached hydrogens (tertiary/aromatic N) is 2. The predicted octanol–water partition coefficient (Wildman–Crippen LogP) is 1.64. The molecule has 1 heterocycles. The van der Waals surface area contributed by atoms with Crippen LogP contribution in [0.3, 0.4) is 0 Å². The monoisotopic (exact) mass is 275 g/mol. The molecular formula is C16H25N3O. The molecular weight excluding hydrogens is 250 g/mol. The molecule has 0 bridgehead atoms.